The Bertz CT molecular complexity index is 346. The number of hydrogen-bond acceptors (Lipinski definition) is 2. The van der Waals surface area contributed by atoms with Crippen LogP contribution in [-0.4, -0.2) is 20.8 Å². The topological polar surface area (TPSA) is 30.9 Å². The maximum absolute atomic E-state index is 11.8. The fourth-order valence-corrected chi connectivity index (χ4v) is 1.80. The van der Waals surface area contributed by atoms with Crippen molar-refractivity contribution in [1.29, 1.82) is 0 Å². The highest BCUT2D eigenvalue weighted by molar-refractivity contribution is 8.00. The van der Waals surface area contributed by atoms with Crippen LogP contribution in [0.1, 0.15) is 5.69 Å². The summed E-state index contributed by atoms with van der Waals surface area (Å²) in [5.41, 5.74) is 1.80. The molecule has 0 unspecified atom stereocenters. The number of alkyl halides is 3. The molecule has 2 nitrogen and oxygen atoms in total. The van der Waals surface area contributed by atoms with Crippen LogP contribution in [0.5, 0.6) is 0 Å². The van der Waals surface area contributed by atoms with E-state index in [-0.39, 0.29) is 29.0 Å². The van der Waals surface area contributed by atoms with Crippen molar-refractivity contribution in [3.05, 3.63) is 24.0 Å². The predicted molar refractivity (Wildman–Crippen MR) is 58.8 cm³/mol. The Morgan fingerprint density at radius 3 is 2.73 bits per heavy atom. The number of aromatic nitrogens is 1. The van der Waals surface area contributed by atoms with Gasteiger partial charge in [0.1, 0.15) is 4.99 Å². The second-order valence-electron chi connectivity index (χ2n) is 2.75. The Morgan fingerprint density at radius 1 is 1.53 bits per heavy atom. The minimum atomic E-state index is -4.18. The van der Waals surface area contributed by atoms with Crippen LogP contribution in [0.15, 0.2) is 18.3 Å². The molecule has 1 rings (SSSR count). The van der Waals surface area contributed by atoms with E-state index in [1.54, 1.807) is 22.9 Å². The van der Waals surface area contributed by atoms with E-state index in [9.17, 15) is 13.2 Å². The molecule has 15 heavy (non-hydrogen) atoms. The molecular weight excluding hydrogens is 245 g/mol. The first-order valence-electron chi connectivity index (χ1n) is 4.06. The quantitative estimate of drug-likeness (QED) is 0.837. The molecule has 2 N–H and O–H groups in total. The van der Waals surface area contributed by atoms with Crippen LogP contribution in [0.2, 0.25) is 0 Å². The van der Waals surface area contributed by atoms with Crippen molar-refractivity contribution >= 4 is 29.0 Å². The lowest BCUT2D eigenvalue weighted by molar-refractivity contribution is -0.0328. The van der Waals surface area contributed by atoms with Crippen LogP contribution in [0.4, 0.5) is 13.2 Å². The third-order valence-corrected chi connectivity index (χ3v) is 2.60. The van der Waals surface area contributed by atoms with E-state index < -0.39 is 5.51 Å². The molecule has 0 aliphatic carbocycles. The third-order valence-electron chi connectivity index (χ3n) is 1.68. The molecule has 0 spiro atoms. The molecule has 0 bridgehead atoms. The van der Waals surface area contributed by atoms with E-state index in [2.05, 4.69) is 0 Å². The molecule has 0 amide bonds. The van der Waals surface area contributed by atoms with Crippen molar-refractivity contribution in [3.63, 3.8) is 0 Å². The van der Waals surface area contributed by atoms with E-state index >= 15 is 0 Å². The molecule has 0 aliphatic rings. The fraction of sp³-hybridized carbons (Fsp3) is 0.375. The summed E-state index contributed by atoms with van der Waals surface area (Å²) < 4.78 is 37.2. The largest absolute Gasteiger partial charge is 0.441 e. The zero-order chi connectivity index (χ0) is 11.5. The van der Waals surface area contributed by atoms with Gasteiger partial charge >= 0.3 is 5.51 Å². The van der Waals surface area contributed by atoms with Crippen LogP contribution in [-0.2, 0) is 6.54 Å². The summed E-state index contributed by atoms with van der Waals surface area (Å²) in [7, 11) is 0. The first-order valence-corrected chi connectivity index (χ1v) is 5.45. The van der Waals surface area contributed by atoms with Gasteiger partial charge in [0.05, 0.1) is 5.69 Å². The van der Waals surface area contributed by atoms with Crippen molar-refractivity contribution in [2.75, 3.05) is 5.75 Å². The highest BCUT2D eigenvalue weighted by atomic mass is 32.2. The Balaban J connectivity index is 2.51. The summed E-state index contributed by atoms with van der Waals surface area (Å²) >= 11 is 4.70. The lowest BCUT2D eigenvalue weighted by Crippen LogP contribution is -2.16. The van der Waals surface area contributed by atoms with Crippen molar-refractivity contribution in [3.8, 4) is 0 Å². The lowest BCUT2D eigenvalue weighted by atomic mass is 10.4. The first-order chi connectivity index (χ1) is 6.90. The van der Waals surface area contributed by atoms with Crippen LogP contribution in [0.3, 0.4) is 0 Å². The van der Waals surface area contributed by atoms with Gasteiger partial charge in [-0.1, -0.05) is 12.2 Å². The summed E-state index contributed by atoms with van der Waals surface area (Å²) in [4.78, 5) is 0.192. The number of thioether (sulfide) groups is 1. The van der Waals surface area contributed by atoms with Gasteiger partial charge in [-0.25, -0.2) is 0 Å². The van der Waals surface area contributed by atoms with Gasteiger partial charge in [-0.2, -0.15) is 13.2 Å². The molecule has 0 fully saturated rings. The number of halogens is 3. The molecule has 0 aromatic carbocycles. The average molecular weight is 254 g/mol. The summed E-state index contributed by atoms with van der Waals surface area (Å²) in [5, 5.41) is 0. The van der Waals surface area contributed by atoms with Crippen LogP contribution in [0.25, 0.3) is 0 Å². The number of hydrogen-bond donors (Lipinski definition) is 1. The second kappa shape index (κ2) is 4.89. The van der Waals surface area contributed by atoms with Crippen molar-refractivity contribution in [2.45, 2.75) is 12.1 Å². The minimum Gasteiger partial charge on any atom is -0.388 e. The van der Waals surface area contributed by atoms with Crippen molar-refractivity contribution in [2.24, 2.45) is 5.73 Å². The number of nitrogens with two attached hydrogens (primary N) is 1. The molecule has 0 saturated carbocycles. The monoisotopic (exact) mass is 254 g/mol. The Hall–Kier alpha value is -0.690. The Labute approximate surface area is 94.6 Å². The SMILES string of the molecule is NC(=S)c1cccn1CCSC(F)(F)F. The number of aryl methyl sites for hydroxylation is 1. The van der Waals surface area contributed by atoms with Crippen molar-refractivity contribution in [1.82, 2.24) is 4.57 Å². The lowest BCUT2D eigenvalue weighted by Gasteiger charge is -2.09. The van der Waals surface area contributed by atoms with Crippen LogP contribution < -0.4 is 5.73 Å². The van der Waals surface area contributed by atoms with E-state index in [1.807, 2.05) is 0 Å². The smallest absolute Gasteiger partial charge is 0.388 e. The van der Waals surface area contributed by atoms with Crippen LogP contribution >= 0.6 is 24.0 Å². The maximum atomic E-state index is 11.8. The van der Waals surface area contributed by atoms with E-state index in [1.165, 1.54) is 0 Å². The molecule has 84 valence electrons. The molecule has 0 atom stereocenters. The summed E-state index contributed by atoms with van der Waals surface area (Å²) in [6.45, 7) is 0.240. The van der Waals surface area contributed by atoms with E-state index in [0.717, 1.165) is 0 Å². The molecule has 1 aromatic rings. The van der Waals surface area contributed by atoms with Gasteiger partial charge in [-0.3, -0.25) is 0 Å². The highest BCUT2D eigenvalue weighted by Gasteiger charge is 2.27. The summed E-state index contributed by atoms with van der Waals surface area (Å²) in [5.74, 6) is -0.0478. The molecule has 1 aromatic heterocycles. The van der Waals surface area contributed by atoms with Gasteiger partial charge < -0.3 is 10.3 Å². The van der Waals surface area contributed by atoms with Gasteiger partial charge in [0.2, 0.25) is 0 Å². The Kier molecular flexibility index (Phi) is 4.04. The summed E-state index contributed by atoms with van der Waals surface area (Å²) in [6.07, 6.45) is 1.66. The zero-order valence-corrected chi connectivity index (χ0v) is 9.25. The van der Waals surface area contributed by atoms with Gasteiger partial charge in [0, 0.05) is 18.5 Å². The number of nitrogens with zero attached hydrogens (tertiary/aromatic N) is 1. The molecule has 1 heterocycles. The summed E-state index contributed by atoms with van der Waals surface area (Å²) in [6, 6.07) is 3.38. The normalized spacial score (nSPS) is 11.7. The molecular formula is C8H9F3N2S2. The average Bonchev–Trinajstić information content (AvgIpc) is 2.49. The van der Waals surface area contributed by atoms with Gasteiger partial charge in [0.25, 0.3) is 0 Å². The molecule has 0 radical (unpaired) electrons. The van der Waals surface area contributed by atoms with E-state index in [4.69, 9.17) is 18.0 Å². The molecule has 7 heteroatoms. The molecule has 0 saturated heterocycles. The van der Waals surface area contributed by atoms with Gasteiger partial charge in [0.15, 0.2) is 0 Å². The third kappa shape index (κ3) is 4.13. The zero-order valence-electron chi connectivity index (χ0n) is 7.62. The Morgan fingerprint density at radius 2 is 2.20 bits per heavy atom. The minimum absolute atomic E-state index is 0.0478. The number of rotatable bonds is 4. The standard InChI is InChI=1S/C8H9F3N2S2/c9-8(10,11)15-5-4-13-3-1-2-6(13)7(12)14/h1-3H,4-5H2,(H2,12,14). The van der Waals surface area contributed by atoms with Gasteiger partial charge in [-0.15, -0.1) is 0 Å². The maximum Gasteiger partial charge on any atom is 0.441 e. The van der Waals surface area contributed by atoms with Crippen LogP contribution in [0, 0.1) is 0 Å². The second-order valence-corrected chi connectivity index (χ2v) is 4.34. The molecule has 0 aliphatic heterocycles. The number of thiocarbonyl (C=S) groups is 1. The highest BCUT2D eigenvalue weighted by Crippen LogP contribution is 2.30. The fourth-order valence-electron chi connectivity index (χ4n) is 1.09. The van der Waals surface area contributed by atoms with Gasteiger partial charge in [-0.05, 0) is 23.9 Å². The van der Waals surface area contributed by atoms with Crippen molar-refractivity contribution < 1.29 is 13.2 Å². The predicted octanol–water partition coefficient (Wildman–Crippen LogP) is 2.38. The first kappa shape index (κ1) is 12.4. The van der Waals surface area contributed by atoms with E-state index in [0.29, 0.717) is 5.69 Å².